The van der Waals surface area contributed by atoms with Crippen LogP contribution in [-0.4, -0.2) is 57.8 Å². The molecule has 1 atom stereocenters. The van der Waals surface area contributed by atoms with E-state index in [0.29, 0.717) is 18.5 Å². The van der Waals surface area contributed by atoms with Crippen molar-refractivity contribution >= 4 is 29.9 Å². The Labute approximate surface area is 216 Å². The van der Waals surface area contributed by atoms with Gasteiger partial charge in [-0.15, -0.1) is 34.2 Å². The van der Waals surface area contributed by atoms with Crippen molar-refractivity contribution < 1.29 is 0 Å². The molecule has 0 aliphatic carbocycles. The molecule has 33 heavy (non-hydrogen) atoms. The van der Waals surface area contributed by atoms with Crippen LogP contribution < -0.4 is 10.6 Å². The summed E-state index contributed by atoms with van der Waals surface area (Å²) >= 11 is 0. The summed E-state index contributed by atoms with van der Waals surface area (Å²) in [6, 6.07) is 9.62. The van der Waals surface area contributed by atoms with E-state index in [4.69, 9.17) is 4.99 Å². The van der Waals surface area contributed by atoms with E-state index < -0.39 is 0 Å². The molecule has 2 N–H and O–H groups in total. The van der Waals surface area contributed by atoms with Crippen LogP contribution in [0.5, 0.6) is 0 Å². The number of guanidine groups is 1. The minimum Gasteiger partial charge on any atom is -0.356 e. The fourth-order valence-electron chi connectivity index (χ4n) is 4.24. The summed E-state index contributed by atoms with van der Waals surface area (Å²) in [7, 11) is 1.99. The van der Waals surface area contributed by atoms with Gasteiger partial charge in [0.1, 0.15) is 12.4 Å². The highest BCUT2D eigenvalue weighted by molar-refractivity contribution is 14.0. The molecule has 7 nitrogen and oxygen atoms in total. The number of rotatable bonds is 10. The molecular formula is C25H42IN7. The van der Waals surface area contributed by atoms with Crippen LogP contribution in [0.15, 0.2) is 29.3 Å². The number of likely N-dealkylation sites (N-methyl/N-ethyl adjacent to an activating group) is 1. The van der Waals surface area contributed by atoms with Gasteiger partial charge in [-0.05, 0) is 62.7 Å². The van der Waals surface area contributed by atoms with E-state index in [9.17, 15) is 0 Å². The third kappa shape index (κ3) is 8.24. The molecule has 2 aromatic rings. The lowest BCUT2D eigenvalue weighted by Crippen LogP contribution is -2.45. The van der Waals surface area contributed by atoms with E-state index in [-0.39, 0.29) is 24.0 Å². The summed E-state index contributed by atoms with van der Waals surface area (Å²) in [6.45, 7) is 13.3. The Morgan fingerprint density at radius 1 is 1.18 bits per heavy atom. The number of benzene rings is 1. The Morgan fingerprint density at radius 2 is 1.94 bits per heavy atom. The molecule has 1 aromatic carbocycles. The van der Waals surface area contributed by atoms with E-state index >= 15 is 0 Å². The van der Waals surface area contributed by atoms with Crippen LogP contribution in [0, 0.1) is 6.92 Å². The molecule has 1 saturated heterocycles. The summed E-state index contributed by atoms with van der Waals surface area (Å²) < 4.78 is 2.00. The zero-order valence-corrected chi connectivity index (χ0v) is 23.3. The largest absolute Gasteiger partial charge is 0.356 e. The third-order valence-electron chi connectivity index (χ3n) is 6.55. The first-order valence-corrected chi connectivity index (χ1v) is 12.2. The van der Waals surface area contributed by atoms with E-state index in [0.717, 1.165) is 50.1 Å². The molecule has 0 radical (unpaired) electrons. The van der Waals surface area contributed by atoms with Gasteiger partial charge in [0, 0.05) is 26.2 Å². The maximum atomic E-state index is 4.81. The highest BCUT2D eigenvalue weighted by Crippen LogP contribution is 2.16. The Balaban J connectivity index is 0.00000385. The quantitative estimate of drug-likeness (QED) is 0.197. The Hall–Kier alpha value is -1.68. The first kappa shape index (κ1) is 27.6. The van der Waals surface area contributed by atoms with Crippen molar-refractivity contribution in [3.05, 3.63) is 47.0 Å². The van der Waals surface area contributed by atoms with Gasteiger partial charge >= 0.3 is 0 Å². The van der Waals surface area contributed by atoms with Crippen LogP contribution in [0.2, 0.25) is 0 Å². The fraction of sp³-hybridized carbons (Fsp3) is 0.640. The highest BCUT2D eigenvalue weighted by Gasteiger charge is 2.22. The number of likely N-dealkylation sites (tertiary alicyclic amines) is 1. The van der Waals surface area contributed by atoms with Crippen LogP contribution in [0.4, 0.5) is 0 Å². The molecule has 1 fully saturated rings. The fourth-order valence-corrected chi connectivity index (χ4v) is 4.24. The zero-order chi connectivity index (χ0) is 22.9. The molecule has 1 aliphatic rings. The normalized spacial score (nSPS) is 16.8. The highest BCUT2D eigenvalue weighted by atomic mass is 127. The first-order chi connectivity index (χ1) is 15.5. The number of aliphatic imine (C=N–C) groups is 1. The molecule has 3 rings (SSSR count). The molecule has 0 spiro atoms. The van der Waals surface area contributed by atoms with Gasteiger partial charge < -0.3 is 15.2 Å². The molecule has 0 bridgehead atoms. The van der Waals surface area contributed by atoms with Gasteiger partial charge in [0.15, 0.2) is 11.8 Å². The summed E-state index contributed by atoms with van der Waals surface area (Å²) in [5, 5.41) is 15.5. The molecule has 1 unspecified atom stereocenters. The van der Waals surface area contributed by atoms with Gasteiger partial charge in [0.05, 0.1) is 0 Å². The van der Waals surface area contributed by atoms with E-state index in [2.05, 4.69) is 70.8 Å². The topological polar surface area (TPSA) is 70.4 Å². The number of halogens is 1. The number of hydrogen-bond donors (Lipinski definition) is 2. The minimum atomic E-state index is 0. The number of hydrogen-bond acceptors (Lipinski definition) is 4. The molecule has 1 aromatic heterocycles. The lowest BCUT2D eigenvalue weighted by atomic mass is 10.0. The van der Waals surface area contributed by atoms with Gasteiger partial charge in [0.25, 0.3) is 0 Å². The van der Waals surface area contributed by atoms with E-state index in [1.165, 1.54) is 30.5 Å². The van der Waals surface area contributed by atoms with Crippen molar-refractivity contribution in [3.8, 4) is 0 Å². The smallest absolute Gasteiger partial charge is 0.191 e. The van der Waals surface area contributed by atoms with Crippen molar-refractivity contribution in [2.24, 2.45) is 12.0 Å². The Bertz CT molecular complexity index is 860. The standard InChI is InChI=1S/C25H41N7.HI/c1-6-32-16-8-10-23(32)17-27-25(28-18-24-30-29-20(4)31(24)5)26-15-7-9-21-11-13-22(14-12-21)19(2)3;/h11-14,19,23H,6-10,15-18H2,1-5H3,(H2,26,27,28);1H. The average Bonchev–Trinajstić information content (AvgIpc) is 3.39. The van der Waals surface area contributed by atoms with Crippen LogP contribution in [0.3, 0.4) is 0 Å². The maximum absolute atomic E-state index is 4.81. The van der Waals surface area contributed by atoms with Crippen molar-refractivity contribution in [3.63, 3.8) is 0 Å². The van der Waals surface area contributed by atoms with Crippen molar-refractivity contribution in [1.82, 2.24) is 30.3 Å². The molecule has 0 saturated carbocycles. The molecule has 2 heterocycles. The van der Waals surface area contributed by atoms with Gasteiger partial charge in [-0.1, -0.05) is 45.0 Å². The first-order valence-electron chi connectivity index (χ1n) is 12.2. The van der Waals surface area contributed by atoms with Crippen molar-refractivity contribution in [2.75, 3.05) is 26.2 Å². The molecule has 184 valence electrons. The van der Waals surface area contributed by atoms with Gasteiger partial charge in [0.2, 0.25) is 0 Å². The third-order valence-corrected chi connectivity index (χ3v) is 6.55. The molecular weight excluding hydrogens is 525 g/mol. The number of nitrogens with one attached hydrogen (secondary N) is 2. The predicted octanol–water partition coefficient (Wildman–Crippen LogP) is 4.02. The number of aryl methyl sites for hydroxylation is 2. The Morgan fingerprint density at radius 3 is 2.58 bits per heavy atom. The summed E-state index contributed by atoms with van der Waals surface area (Å²) in [5.41, 5.74) is 2.79. The SMILES string of the molecule is CCN1CCCC1CNC(=NCc1nnc(C)n1C)NCCCc1ccc(C(C)C)cc1.I. The molecule has 8 heteroatoms. The zero-order valence-electron chi connectivity index (χ0n) is 21.0. The second-order valence-electron chi connectivity index (χ2n) is 9.12. The average molecular weight is 568 g/mol. The van der Waals surface area contributed by atoms with Crippen LogP contribution in [0.1, 0.15) is 68.7 Å². The lowest BCUT2D eigenvalue weighted by molar-refractivity contribution is 0.267. The van der Waals surface area contributed by atoms with Gasteiger partial charge in [-0.25, -0.2) is 4.99 Å². The van der Waals surface area contributed by atoms with Crippen LogP contribution >= 0.6 is 24.0 Å². The van der Waals surface area contributed by atoms with Crippen molar-refractivity contribution in [1.29, 1.82) is 0 Å². The van der Waals surface area contributed by atoms with E-state index in [1.807, 2.05) is 18.5 Å². The monoisotopic (exact) mass is 567 g/mol. The predicted molar refractivity (Wildman–Crippen MR) is 147 cm³/mol. The summed E-state index contributed by atoms with van der Waals surface area (Å²) in [6.07, 6.45) is 4.67. The number of nitrogens with zero attached hydrogens (tertiary/aromatic N) is 5. The van der Waals surface area contributed by atoms with Gasteiger partial charge in [-0.3, -0.25) is 4.90 Å². The molecule has 0 amide bonds. The second-order valence-corrected chi connectivity index (χ2v) is 9.12. The summed E-state index contributed by atoms with van der Waals surface area (Å²) in [5.74, 6) is 3.23. The van der Waals surface area contributed by atoms with Crippen molar-refractivity contribution in [2.45, 2.75) is 71.9 Å². The van der Waals surface area contributed by atoms with Crippen LogP contribution in [-0.2, 0) is 20.0 Å². The second kappa shape index (κ2) is 13.9. The minimum absolute atomic E-state index is 0. The van der Waals surface area contributed by atoms with E-state index in [1.54, 1.807) is 0 Å². The maximum Gasteiger partial charge on any atom is 0.191 e. The lowest BCUT2D eigenvalue weighted by Gasteiger charge is -2.24. The Kier molecular flexibility index (Phi) is 11.6. The molecule has 1 aliphatic heterocycles. The summed E-state index contributed by atoms with van der Waals surface area (Å²) in [4.78, 5) is 7.36. The van der Waals surface area contributed by atoms with Crippen LogP contribution in [0.25, 0.3) is 0 Å². The number of aromatic nitrogens is 3. The van der Waals surface area contributed by atoms with Gasteiger partial charge in [-0.2, -0.15) is 0 Å².